The number of nitrogens with two attached hydrogens (primary N) is 1. The number of aromatic nitrogens is 2. The Bertz CT molecular complexity index is 651. The predicted octanol–water partition coefficient (Wildman–Crippen LogP) is 2.24. The fourth-order valence-corrected chi connectivity index (χ4v) is 1.46. The monoisotopic (exact) mass is 284 g/mol. The molecule has 1 amide bonds. The first-order chi connectivity index (χ1) is 8.97. The number of anilines is 2. The van der Waals surface area contributed by atoms with Gasteiger partial charge in [-0.25, -0.2) is 18.7 Å². The highest BCUT2D eigenvalue weighted by molar-refractivity contribution is 6.29. The number of rotatable bonds is 2. The zero-order chi connectivity index (χ0) is 14.0. The van der Waals surface area contributed by atoms with Crippen molar-refractivity contribution < 1.29 is 13.6 Å². The van der Waals surface area contributed by atoms with Crippen molar-refractivity contribution in [1.82, 2.24) is 9.97 Å². The summed E-state index contributed by atoms with van der Waals surface area (Å²) in [6.07, 6.45) is 1.33. The van der Waals surface area contributed by atoms with Crippen molar-refractivity contribution in [3.63, 3.8) is 0 Å². The van der Waals surface area contributed by atoms with Gasteiger partial charge in [0.2, 0.25) is 5.95 Å². The van der Waals surface area contributed by atoms with Crippen molar-refractivity contribution in [3.8, 4) is 0 Å². The number of nitrogen functional groups attached to an aromatic ring is 1. The molecule has 0 spiro atoms. The average Bonchev–Trinajstić information content (AvgIpc) is 2.33. The Hall–Kier alpha value is -2.28. The maximum Gasteiger partial charge on any atom is 0.260 e. The molecular formula is C11H7ClF2N4O. The van der Waals surface area contributed by atoms with E-state index < -0.39 is 17.5 Å². The number of amides is 1. The first-order valence-electron chi connectivity index (χ1n) is 5.02. The van der Waals surface area contributed by atoms with Crippen LogP contribution in [-0.4, -0.2) is 15.9 Å². The van der Waals surface area contributed by atoms with E-state index in [4.69, 9.17) is 17.3 Å². The Labute approximate surface area is 111 Å². The summed E-state index contributed by atoms with van der Waals surface area (Å²) in [5, 5.41) is 2.40. The fraction of sp³-hybridized carbons (Fsp3) is 0. The molecule has 98 valence electrons. The van der Waals surface area contributed by atoms with Crippen LogP contribution >= 0.6 is 11.6 Å². The normalized spacial score (nSPS) is 10.3. The molecule has 0 atom stereocenters. The quantitative estimate of drug-likeness (QED) is 0.654. The Kier molecular flexibility index (Phi) is 3.57. The maximum atomic E-state index is 13.1. The fourth-order valence-electron chi connectivity index (χ4n) is 1.32. The first-order valence-corrected chi connectivity index (χ1v) is 5.39. The molecule has 0 saturated heterocycles. The summed E-state index contributed by atoms with van der Waals surface area (Å²) in [4.78, 5) is 19.3. The van der Waals surface area contributed by atoms with Crippen LogP contribution in [0.5, 0.6) is 0 Å². The third kappa shape index (κ3) is 2.94. The summed E-state index contributed by atoms with van der Waals surface area (Å²) >= 11 is 5.61. The lowest BCUT2D eigenvalue weighted by Gasteiger charge is -2.07. The van der Waals surface area contributed by atoms with Gasteiger partial charge in [-0.1, -0.05) is 11.6 Å². The molecule has 0 aliphatic rings. The first kappa shape index (κ1) is 13.2. The number of carbonyl (C=O) groups is 1. The van der Waals surface area contributed by atoms with Crippen LogP contribution in [-0.2, 0) is 0 Å². The average molecular weight is 285 g/mol. The third-order valence-electron chi connectivity index (χ3n) is 2.18. The molecule has 0 bridgehead atoms. The Balaban J connectivity index is 2.28. The highest BCUT2D eigenvalue weighted by Crippen LogP contribution is 2.18. The van der Waals surface area contributed by atoms with Crippen LogP contribution in [0.25, 0.3) is 0 Å². The van der Waals surface area contributed by atoms with Gasteiger partial charge in [0.1, 0.15) is 5.15 Å². The van der Waals surface area contributed by atoms with E-state index >= 15 is 0 Å². The molecule has 0 radical (unpaired) electrons. The van der Waals surface area contributed by atoms with Crippen LogP contribution in [0.4, 0.5) is 20.4 Å². The molecular weight excluding hydrogens is 278 g/mol. The number of nitrogens with zero attached hydrogens (tertiary/aromatic N) is 2. The van der Waals surface area contributed by atoms with E-state index in [1.165, 1.54) is 12.3 Å². The van der Waals surface area contributed by atoms with Crippen LogP contribution in [0.3, 0.4) is 0 Å². The molecule has 19 heavy (non-hydrogen) atoms. The van der Waals surface area contributed by atoms with E-state index in [2.05, 4.69) is 15.3 Å². The number of hydrogen-bond acceptors (Lipinski definition) is 4. The van der Waals surface area contributed by atoms with Crippen LogP contribution in [0.15, 0.2) is 24.4 Å². The van der Waals surface area contributed by atoms with E-state index in [-0.39, 0.29) is 22.4 Å². The number of hydrogen-bond donors (Lipinski definition) is 2. The highest BCUT2D eigenvalue weighted by atomic mass is 35.5. The minimum Gasteiger partial charge on any atom is -0.398 e. The van der Waals surface area contributed by atoms with Crippen LogP contribution in [0, 0.1) is 11.6 Å². The van der Waals surface area contributed by atoms with Crippen LogP contribution < -0.4 is 11.1 Å². The van der Waals surface area contributed by atoms with Gasteiger partial charge in [0.15, 0.2) is 11.6 Å². The maximum absolute atomic E-state index is 13.1. The minimum absolute atomic E-state index is 0.0679. The molecule has 0 fully saturated rings. The summed E-state index contributed by atoms with van der Waals surface area (Å²) in [7, 11) is 0. The SMILES string of the molecule is Nc1cc(F)c(F)cc1C(=O)Nc1nccc(Cl)n1. The van der Waals surface area contributed by atoms with Crippen molar-refractivity contribution in [2.24, 2.45) is 0 Å². The number of benzene rings is 1. The molecule has 1 aromatic heterocycles. The van der Waals surface area contributed by atoms with Gasteiger partial charge < -0.3 is 5.73 Å². The van der Waals surface area contributed by atoms with E-state index in [0.717, 1.165) is 6.07 Å². The summed E-state index contributed by atoms with van der Waals surface area (Å²) in [6.45, 7) is 0. The van der Waals surface area contributed by atoms with Crippen molar-refractivity contribution in [3.05, 3.63) is 46.7 Å². The molecule has 8 heteroatoms. The van der Waals surface area contributed by atoms with Crippen molar-refractivity contribution in [1.29, 1.82) is 0 Å². The van der Waals surface area contributed by atoms with Gasteiger partial charge in [0, 0.05) is 18.0 Å². The largest absolute Gasteiger partial charge is 0.398 e. The van der Waals surface area contributed by atoms with Crippen LogP contribution in [0.2, 0.25) is 5.15 Å². The van der Waals surface area contributed by atoms with E-state index in [1.807, 2.05) is 0 Å². The molecule has 2 rings (SSSR count). The molecule has 2 aromatic rings. The van der Waals surface area contributed by atoms with Gasteiger partial charge in [-0.2, -0.15) is 0 Å². The van der Waals surface area contributed by atoms with E-state index in [0.29, 0.717) is 6.07 Å². The number of halogens is 3. The van der Waals surface area contributed by atoms with Gasteiger partial charge in [-0.3, -0.25) is 10.1 Å². The lowest BCUT2D eigenvalue weighted by Crippen LogP contribution is -2.16. The molecule has 0 aliphatic heterocycles. The van der Waals surface area contributed by atoms with Gasteiger partial charge in [-0.15, -0.1) is 0 Å². The zero-order valence-corrected chi connectivity index (χ0v) is 10.1. The second-order valence-corrected chi connectivity index (χ2v) is 3.90. The van der Waals surface area contributed by atoms with Crippen molar-refractivity contribution in [2.45, 2.75) is 0 Å². The second-order valence-electron chi connectivity index (χ2n) is 3.51. The standard InChI is InChI=1S/C11H7ClF2N4O/c12-9-1-2-16-11(17-9)18-10(19)5-3-6(13)7(14)4-8(5)15/h1-4H,15H2,(H,16,17,18,19). The van der Waals surface area contributed by atoms with Gasteiger partial charge >= 0.3 is 0 Å². The zero-order valence-electron chi connectivity index (χ0n) is 9.32. The number of nitrogens with one attached hydrogen (secondary N) is 1. The Morgan fingerprint density at radius 3 is 2.68 bits per heavy atom. The molecule has 0 unspecified atom stereocenters. The smallest absolute Gasteiger partial charge is 0.260 e. The second kappa shape index (κ2) is 5.15. The van der Waals surface area contributed by atoms with Crippen molar-refractivity contribution >= 4 is 29.1 Å². The Morgan fingerprint density at radius 1 is 1.32 bits per heavy atom. The number of carbonyl (C=O) groups excluding carboxylic acids is 1. The summed E-state index contributed by atoms with van der Waals surface area (Å²) in [5.74, 6) is -3.14. The summed E-state index contributed by atoms with van der Waals surface area (Å²) in [5.41, 5.74) is 5.02. The molecule has 0 saturated carbocycles. The van der Waals surface area contributed by atoms with E-state index in [1.54, 1.807) is 0 Å². The molecule has 1 heterocycles. The minimum atomic E-state index is -1.17. The molecule has 0 aliphatic carbocycles. The van der Waals surface area contributed by atoms with Crippen LogP contribution in [0.1, 0.15) is 10.4 Å². The lowest BCUT2D eigenvalue weighted by molar-refractivity contribution is 0.102. The Morgan fingerprint density at radius 2 is 2.00 bits per heavy atom. The lowest BCUT2D eigenvalue weighted by atomic mass is 10.1. The molecule has 5 nitrogen and oxygen atoms in total. The summed E-state index contributed by atoms with van der Waals surface area (Å²) < 4.78 is 25.9. The molecule has 1 aromatic carbocycles. The third-order valence-corrected chi connectivity index (χ3v) is 2.39. The van der Waals surface area contributed by atoms with Gasteiger partial charge in [0.05, 0.1) is 5.56 Å². The van der Waals surface area contributed by atoms with Crippen molar-refractivity contribution in [2.75, 3.05) is 11.1 Å². The topological polar surface area (TPSA) is 80.9 Å². The predicted molar refractivity (Wildman–Crippen MR) is 65.8 cm³/mol. The van der Waals surface area contributed by atoms with Gasteiger partial charge in [0.25, 0.3) is 5.91 Å². The van der Waals surface area contributed by atoms with Gasteiger partial charge in [-0.05, 0) is 12.1 Å². The summed E-state index contributed by atoms with van der Waals surface area (Å²) in [6, 6.07) is 2.84. The van der Waals surface area contributed by atoms with E-state index in [9.17, 15) is 13.6 Å². The highest BCUT2D eigenvalue weighted by Gasteiger charge is 2.15. The molecule has 3 N–H and O–H groups in total.